The minimum atomic E-state index is -0.753. The van der Waals surface area contributed by atoms with E-state index in [1.54, 1.807) is 0 Å². The van der Waals surface area contributed by atoms with E-state index in [2.05, 4.69) is 31.2 Å². The molecule has 19 heavy (non-hydrogen) atoms. The Morgan fingerprint density at radius 2 is 1.95 bits per heavy atom. The quantitative estimate of drug-likeness (QED) is 0.846. The predicted molar refractivity (Wildman–Crippen MR) is 70.3 cm³/mol. The topological polar surface area (TPSA) is 73.1 Å². The van der Waals surface area contributed by atoms with Crippen LogP contribution in [0.25, 0.3) is 0 Å². The van der Waals surface area contributed by atoms with E-state index >= 15 is 0 Å². The molecular weight excluding hydrogens is 322 g/mol. The number of nitrogens with zero attached hydrogens (tertiary/aromatic N) is 2. The van der Waals surface area contributed by atoms with Crippen LogP contribution < -0.4 is 15.8 Å². The Kier molecular flexibility index (Phi) is 3.79. The number of ether oxygens (including phenoxy) is 1. The summed E-state index contributed by atoms with van der Waals surface area (Å²) in [5.41, 5.74) is 5.52. The van der Waals surface area contributed by atoms with E-state index in [4.69, 9.17) is 10.5 Å². The third-order valence-electron chi connectivity index (χ3n) is 2.20. The van der Waals surface area contributed by atoms with Crippen molar-refractivity contribution >= 4 is 33.4 Å². The average Bonchev–Trinajstić information content (AvgIpc) is 2.35. The summed E-state index contributed by atoms with van der Waals surface area (Å²) in [5, 5.41) is 2.67. The lowest BCUT2D eigenvalue weighted by Gasteiger charge is -2.09. The first-order valence-corrected chi connectivity index (χ1v) is 5.89. The maximum atomic E-state index is 13.6. The van der Waals surface area contributed by atoms with Crippen LogP contribution in [0.5, 0.6) is 5.88 Å². The van der Waals surface area contributed by atoms with Crippen LogP contribution in [-0.4, -0.2) is 17.1 Å². The zero-order chi connectivity index (χ0) is 14.0. The van der Waals surface area contributed by atoms with Crippen LogP contribution in [0.3, 0.4) is 0 Å². The van der Waals surface area contributed by atoms with E-state index in [1.807, 2.05) is 0 Å². The highest BCUT2D eigenvalue weighted by Crippen LogP contribution is 2.26. The highest BCUT2D eigenvalue weighted by molar-refractivity contribution is 9.10. The maximum absolute atomic E-state index is 13.6. The van der Waals surface area contributed by atoms with Gasteiger partial charge in [-0.2, -0.15) is 9.97 Å². The van der Waals surface area contributed by atoms with Gasteiger partial charge in [-0.3, -0.25) is 0 Å². The van der Waals surface area contributed by atoms with Gasteiger partial charge in [0, 0.05) is 12.1 Å². The molecule has 0 fully saturated rings. The minimum Gasteiger partial charge on any atom is -0.481 e. The van der Waals surface area contributed by atoms with Crippen molar-refractivity contribution in [3.8, 4) is 5.88 Å². The number of anilines is 3. The maximum Gasteiger partial charge on any atom is 0.225 e. The molecule has 8 heteroatoms. The Labute approximate surface area is 115 Å². The first-order valence-electron chi connectivity index (χ1n) is 5.09. The molecule has 2 aromatic rings. The number of benzene rings is 1. The lowest BCUT2D eigenvalue weighted by molar-refractivity contribution is 0.398. The number of nitrogens with one attached hydrogen (secondary N) is 1. The second-order valence-corrected chi connectivity index (χ2v) is 4.38. The number of halogens is 3. The van der Waals surface area contributed by atoms with E-state index in [0.29, 0.717) is 0 Å². The molecule has 0 aliphatic heterocycles. The summed E-state index contributed by atoms with van der Waals surface area (Å²) in [6.07, 6.45) is 0. The number of nitrogen functional groups attached to an aromatic ring is 1. The number of hydrogen-bond acceptors (Lipinski definition) is 5. The van der Waals surface area contributed by atoms with Gasteiger partial charge in [0.1, 0.15) is 17.5 Å². The molecule has 0 amide bonds. The molecule has 0 radical (unpaired) electrons. The van der Waals surface area contributed by atoms with Gasteiger partial charge in [-0.05, 0) is 22.0 Å². The Balaban J connectivity index is 2.36. The van der Waals surface area contributed by atoms with E-state index < -0.39 is 11.6 Å². The fourth-order valence-corrected chi connectivity index (χ4v) is 1.71. The number of hydrogen-bond donors (Lipinski definition) is 2. The van der Waals surface area contributed by atoms with Crippen LogP contribution in [-0.2, 0) is 0 Å². The van der Waals surface area contributed by atoms with Gasteiger partial charge in [-0.25, -0.2) is 8.78 Å². The standard InChI is InChI=1S/C11H9BrF2N4O/c1-19-10-4-9(17-11(15)18-10)16-8-2-5(12)6(13)3-7(8)14/h2-4H,1H3,(H3,15,16,17,18). The molecule has 0 unspecified atom stereocenters. The highest BCUT2D eigenvalue weighted by atomic mass is 79.9. The van der Waals surface area contributed by atoms with Crippen molar-refractivity contribution in [2.45, 2.75) is 0 Å². The molecule has 3 N–H and O–H groups in total. The molecule has 2 rings (SSSR count). The summed E-state index contributed by atoms with van der Waals surface area (Å²) in [4.78, 5) is 7.66. The fourth-order valence-electron chi connectivity index (χ4n) is 1.37. The monoisotopic (exact) mass is 330 g/mol. The Hall–Kier alpha value is -1.96. The van der Waals surface area contributed by atoms with Gasteiger partial charge in [0.2, 0.25) is 11.8 Å². The number of methoxy groups -OCH3 is 1. The molecule has 0 bridgehead atoms. The van der Waals surface area contributed by atoms with Crippen LogP contribution in [0.2, 0.25) is 0 Å². The van der Waals surface area contributed by atoms with Crippen molar-refractivity contribution in [1.29, 1.82) is 0 Å². The second-order valence-electron chi connectivity index (χ2n) is 3.52. The largest absolute Gasteiger partial charge is 0.481 e. The summed E-state index contributed by atoms with van der Waals surface area (Å²) >= 11 is 2.97. The molecule has 0 atom stereocenters. The first-order chi connectivity index (χ1) is 8.99. The van der Waals surface area contributed by atoms with Crippen LogP contribution in [0, 0.1) is 11.6 Å². The summed E-state index contributed by atoms with van der Waals surface area (Å²) < 4.78 is 31.7. The molecule has 0 saturated heterocycles. The molecule has 100 valence electrons. The van der Waals surface area contributed by atoms with Crippen molar-refractivity contribution in [3.05, 3.63) is 34.3 Å². The van der Waals surface area contributed by atoms with Crippen molar-refractivity contribution in [1.82, 2.24) is 9.97 Å². The van der Waals surface area contributed by atoms with Crippen LogP contribution >= 0.6 is 15.9 Å². The Morgan fingerprint density at radius 3 is 2.63 bits per heavy atom. The van der Waals surface area contributed by atoms with E-state index in [1.165, 1.54) is 19.2 Å². The van der Waals surface area contributed by atoms with Gasteiger partial charge in [0.25, 0.3) is 0 Å². The van der Waals surface area contributed by atoms with Gasteiger partial charge in [-0.1, -0.05) is 0 Å². The molecule has 0 aliphatic rings. The summed E-state index contributed by atoms with van der Waals surface area (Å²) in [6.45, 7) is 0. The molecule has 1 aromatic carbocycles. The van der Waals surface area contributed by atoms with Crippen molar-refractivity contribution in [2.75, 3.05) is 18.2 Å². The second kappa shape index (κ2) is 5.35. The normalized spacial score (nSPS) is 10.3. The smallest absolute Gasteiger partial charge is 0.225 e. The lowest BCUT2D eigenvalue weighted by atomic mass is 10.3. The lowest BCUT2D eigenvalue weighted by Crippen LogP contribution is -2.03. The number of nitrogens with two attached hydrogens (primary N) is 1. The fraction of sp³-hybridized carbons (Fsp3) is 0.0909. The van der Waals surface area contributed by atoms with E-state index in [-0.39, 0.29) is 27.8 Å². The van der Waals surface area contributed by atoms with Crippen LogP contribution in [0.15, 0.2) is 22.7 Å². The molecular formula is C11H9BrF2N4O. The molecule has 5 nitrogen and oxygen atoms in total. The summed E-state index contributed by atoms with van der Waals surface area (Å²) in [6, 6.07) is 3.46. The van der Waals surface area contributed by atoms with Crippen molar-refractivity contribution in [3.63, 3.8) is 0 Å². The highest BCUT2D eigenvalue weighted by Gasteiger charge is 2.10. The molecule has 0 spiro atoms. The third kappa shape index (κ3) is 3.08. The van der Waals surface area contributed by atoms with Gasteiger partial charge in [-0.15, -0.1) is 0 Å². The first kappa shape index (κ1) is 13.5. The Bertz CT molecular complexity index is 624. The third-order valence-corrected chi connectivity index (χ3v) is 2.81. The van der Waals surface area contributed by atoms with Crippen LogP contribution in [0.1, 0.15) is 0 Å². The zero-order valence-electron chi connectivity index (χ0n) is 9.75. The minimum absolute atomic E-state index is 0.0246. The van der Waals surface area contributed by atoms with Gasteiger partial charge < -0.3 is 15.8 Å². The molecule has 0 saturated carbocycles. The van der Waals surface area contributed by atoms with Crippen LogP contribution in [0.4, 0.5) is 26.2 Å². The van der Waals surface area contributed by atoms with Gasteiger partial charge in [0.05, 0.1) is 17.3 Å². The predicted octanol–water partition coefficient (Wildman–Crippen LogP) is 2.85. The number of aromatic nitrogens is 2. The molecule has 0 aliphatic carbocycles. The Morgan fingerprint density at radius 1 is 1.21 bits per heavy atom. The van der Waals surface area contributed by atoms with Gasteiger partial charge >= 0.3 is 0 Å². The average molecular weight is 331 g/mol. The SMILES string of the molecule is COc1cc(Nc2cc(Br)c(F)cc2F)nc(N)n1. The summed E-state index contributed by atoms with van der Waals surface area (Å²) in [7, 11) is 1.42. The van der Waals surface area contributed by atoms with E-state index in [9.17, 15) is 8.78 Å². The molecule has 1 heterocycles. The number of rotatable bonds is 3. The summed E-state index contributed by atoms with van der Waals surface area (Å²) in [5.74, 6) is -0.999. The van der Waals surface area contributed by atoms with Gasteiger partial charge in [0.15, 0.2) is 0 Å². The van der Waals surface area contributed by atoms with E-state index in [0.717, 1.165) is 6.07 Å². The molecule has 1 aromatic heterocycles. The zero-order valence-corrected chi connectivity index (χ0v) is 11.3. The van der Waals surface area contributed by atoms with Crippen molar-refractivity contribution in [2.24, 2.45) is 0 Å². The van der Waals surface area contributed by atoms with Crippen molar-refractivity contribution < 1.29 is 13.5 Å².